The molecular formula is C18H26O2. The minimum absolute atomic E-state index is 0.0473. The van der Waals surface area contributed by atoms with Gasteiger partial charge in [0.1, 0.15) is 17.6 Å². The largest absolute Gasteiger partial charge is 0.489 e. The summed E-state index contributed by atoms with van der Waals surface area (Å²) in [6.07, 6.45) is 2.35. The van der Waals surface area contributed by atoms with Crippen LogP contribution in [0.3, 0.4) is 0 Å². The van der Waals surface area contributed by atoms with Crippen molar-refractivity contribution in [2.45, 2.75) is 65.9 Å². The molecule has 0 heterocycles. The highest BCUT2D eigenvalue weighted by atomic mass is 16.5. The topological polar surface area (TPSA) is 26.3 Å². The Kier molecular flexibility index (Phi) is 4.22. The first-order chi connectivity index (χ1) is 9.44. The molecule has 0 amide bonds. The molecule has 0 aliphatic heterocycles. The molecule has 110 valence electrons. The number of ether oxygens (including phenoxy) is 1. The zero-order valence-electron chi connectivity index (χ0n) is 13.3. The van der Waals surface area contributed by atoms with Gasteiger partial charge in [-0.15, -0.1) is 0 Å². The first-order valence-corrected chi connectivity index (χ1v) is 7.75. The second-order valence-corrected chi connectivity index (χ2v) is 6.28. The summed E-state index contributed by atoms with van der Waals surface area (Å²) >= 11 is 0. The van der Waals surface area contributed by atoms with Crippen molar-refractivity contribution in [1.29, 1.82) is 0 Å². The zero-order valence-corrected chi connectivity index (χ0v) is 13.3. The Hall–Kier alpha value is -1.31. The number of carbonyl (C=O) groups excluding carboxylic acids is 1. The lowest BCUT2D eigenvalue weighted by Gasteiger charge is -2.46. The van der Waals surface area contributed by atoms with E-state index in [-0.39, 0.29) is 11.5 Å². The average Bonchev–Trinajstić information content (AvgIpc) is 2.41. The lowest BCUT2D eigenvalue weighted by Crippen LogP contribution is -2.56. The average molecular weight is 274 g/mol. The number of hydrogen-bond acceptors (Lipinski definition) is 2. The molecule has 2 heteroatoms. The Morgan fingerprint density at radius 1 is 1.30 bits per heavy atom. The second kappa shape index (κ2) is 5.59. The fourth-order valence-electron chi connectivity index (χ4n) is 3.13. The second-order valence-electron chi connectivity index (χ2n) is 6.28. The molecule has 1 atom stereocenters. The number of benzene rings is 1. The molecule has 1 aromatic rings. The molecule has 0 spiro atoms. The summed E-state index contributed by atoms with van der Waals surface area (Å²) in [4.78, 5) is 12.0. The molecule has 0 saturated heterocycles. The molecule has 1 aliphatic rings. The molecule has 2 rings (SSSR count). The van der Waals surface area contributed by atoms with Crippen molar-refractivity contribution in [3.8, 4) is 5.75 Å². The normalized spacial score (nSPS) is 20.9. The summed E-state index contributed by atoms with van der Waals surface area (Å²) < 4.78 is 6.22. The van der Waals surface area contributed by atoms with Crippen LogP contribution in [0.25, 0.3) is 0 Å². The maximum absolute atomic E-state index is 12.0. The number of rotatable bonds is 5. The van der Waals surface area contributed by atoms with Gasteiger partial charge < -0.3 is 4.74 Å². The summed E-state index contributed by atoms with van der Waals surface area (Å²) in [6, 6.07) is 6.41. The first kappa shape index (κ1) is 15.1. The highest BCUT2D eigenvalue weighted by Gasteiger charge is 2.53. The monoisotopic (exact) mass is 274 g/mol. The minimum atomic E-state index is -0.250. The molecule has 1 fully saturated rings. The van der Waals surface area contributed by atoms with E-state index < -0.39 is 0 Å². The molecule has 2 nitrogen and oxygen atoms in total. The van der Waals surface area contributed by atoms with Crippen LogP contribution >= 0.6 is 0 Å². The van der Waals surface area contributed by atoms with E-state index >= 15 is 0 Å². The van der Waals surface area contributed by atoms with E-state index in [1.54, 1.807) is 0 Å². The fraction of sp³-hybridized carbons (Fsp3) is 0.611. The first-order valence-electron chi connectivity index (χ1n) is 7.75. The number of carbonyl (C=O) groups is 1. The van der Waals surface area contributed by atoms with Crippen molar-refractivity contribution in [2.24, 2.45) is 5.41 Å². The lowest BCUT2D eigenvalue weighted by atomic mass is 9.61. The van der Waals surface area contributed by atoms with Gasteiger partial charge in [-0.25, -0.2) is 0 Å². The predicted octanol–water partition coefficient (Wildman–Crippen LogP) is 4.65. The van der Waals surface area contributed by atoms with Crippen molar-refractivity contribution in [3.63, 3.8) is 0 Å². The van der Waals surface area contributed by atoms with Crippen LogP contribution in [0.2, 0.25) is 0 Å². The van der Waals surface area contributed by atoms with Gasteiger partial charge in [-0.1, -0.05) is 39.8 Å². The smallest absolute Gasteiger partial charge is 0.146 e. The zero-order chi connectivity index (χ0) is 14.9. The van der Waals surface area contributed by atoms with Crippen LogP contribution in [-0.4, -0.2) is 11.9 Å². The van der Waals surface area contributed by atoms with Crippen molar-refractivity contribution in [1.82, 2.24) is 0 Å². The molecule has 0 N–H and O–H groups in total. The summed E-state index contributed by atoms with van der Waals surface area (Å²) in [5.74, 6) is 1.80. The number of Topliss-reactive ketones (excluding diaryl/α,β-unsaturated/α-hetero) is 1. The molecule has 1 aliphatic carbocycles. The van der Waals surface area contributed by atoms with Crippen molar-refractivity contribution in [2.75, 3.05) is 0 Å². The minimum Gasteiger partial charge on any atom is -0.489 e. The fourth-order valence-corrected chi connectivity index (χ4v) is 3.13. The quantitative estimate of drug-likeness (QED) is 0.781. The molecule has 1 aromatic carbocycles. The lowest BCUT2D eigenvalue weighted by molar-refractivity contribution is -0.153. The molecule has 20 heavy (non-hydrogen) atoms. The van der Waals surface area contributed by atoms with Gasteiger partial charge in [0.2, 0.25) is 0 Å². The molecule has 1 unspecified atom stereocenters. The van der Waals surface area contributed by atoms with Gasteiger partial charge in [0.25, 0.3) is 0 Å². The molecule has 0 bridgehead atoms. The Morgan fingerprint density at radius 2 is 1.95 bits per heavy atom. The van der Waals surface area contributed by atoms with Crippen molar-refractivity contribution in [3.05, 3.63) is 29.3 Å². The third-order valence-electron chi connectivity index (χ3n) is 4.95. The number of ketones is 1. The van der Waals surface area contributed by atoms with Crippen LogP contribution in [-0.2, 0) is 4.79 Å². The van der Waals surface area contributed by atoms with Gasteiger partial charge in [-0.2, -0.15) is 0 Å². The van der Waals surface area contributed by atoms with Crippen molar-refractivity contribution < 1.29 is 9.53 Å². The standard InChI is InChI=1S/C18H26O2/c1-6-18(7-2)16(19)11-17(18)20-15-10-14(12(3)4)9-8-13(15)5/h8-10,12,17H,6-7,11H2,1-5H3. The van der Waals surface area contributed by atoms with E-state index in [0.29, 0.717) is 18.1 Å². The van der Waals surface area contributed by atoms with Gasteiger partial charge in [-0.05, 0) is 42.9 Å². The van der Waals surface area contributed by atoms with Crippen LogP contribution in [0.5, 0.6) is 5.75 Å². The number of hydrogen-bond donors (Lipinski definition) is 0. The summed E-state index contributed by atoms with van der Waals surface area (Å²) in [7, 11) is 0. The van der Waals surface area contributed by atoms with E-state index in [2.05, 4.69) is 52.8 Å². The SMILES string of the molecule is CCC1(CC)C(=O)CC1Oc1cc(C(C)C)ccc1C. The highest BCUT2D eigenvalue weighted by Crippen LogP contribution is 2.46. The number of aryl methyl sites for hydroxylation is 1. The Labute approximate surface area is 122 Å². The molecular weight excluding hydrogens is 248 g/mol. The van der Waals surface area contributed by atoms with Gasteiger partial charge in [-0.3, -0.25) is 4.79 Å². The third-order valence-corrected chi connectivity index (χ3v) is 4.95. The predicted molar refractivity (Wildman–Crippen MR) is 82.3 cm³/mol. The van der Waals surface area contributed by atoms with Crippen molar-refractivity contribution >= 4 is 5.78 Å². The highest BCUT2D eigenvalue weighted by molar-refractivity contribution is 5.92. The van der Waals surface area contributed by atoms with E-state index in [1.165, 1.54) is 5.56 Å². The molecule has 0 aromatic heterocycles. The van der Waals surface area contributed by atoms with E-state index in [4.69, 9.17) is 4.74 Å². The maximum Gasteiger partial charge on any atom is 0.146 e. The summed E-state index contributed by atoms with van der Waals surface area (Å²) in [5.41, 5.74) is 2.19. The Balaban J connectivity index is 2.22. The van der Waals surface area contributed by atoms with Crippen LogP contribution in [0.4, 0.5) is 0 Å². The Morgan fingerprint density at radius 3 is 2.45 bits per heavy atom. The van der Waals surface area contributed by atoms with Crippen LogP contribution in [0.1, 0.15) is 64.0 Å². The Bertz CT molecular complexity index is 498. The van der Waals surface area contributed by atoms with Crippen LogP contribution < -0.4 is 4.74 Å². The van der Waals surface area contributed by atoms with Crippen LogP contribution in [0.15, 0.2) is 18.2 Å². The van der Waals surface area contributed by atoms with E-state index in [9.17, 15) is 4.79 Å². The van der Waals surface area contributed by atoms with Gasteiger partial charge in [0, 0.05) is 6.42 Å². The van der Waals surface area contributed by atoms with Gasteiger partial charge >= 0.3 is 0 Å². The molecule has 0 radical (unpaired) electrons. The third kappa shape index (κ3) is 2.36. The molecule has 1 saturated carbocycles. The maximum atomic E-state index is 12.0. The van der Waals surface area contributed by atoms with E-state index in [0.717, 1.165) is 24.2 Å². The van der Waals surface area contributed by atoms with Gasteiger partial charge in [0.05, 0.1) is 5.41 Å². The summed E-state index contributed by atoms with van der Waals surface area (Å²) in [5, 5.41) is 0. The summed E-state index contributed by atoms with van der Waals surface area (Å²) in [6.45, 7) is 10.6. The van der Waals surface area contributed by atoms with E-state index in [1.807, 2.05) is 0 Å². The van der Waals surface area contributed by atoms with Gasteiger partial charge in [0.15, 0.2) is 0 Å². The van der Waals surface area contributed by atoms with Crippen LogP contribution in [0, 0.1) is 12.3 Å².